The summed E-state index contributed by atoms with van der Waals surface area (Å²) in [5, 5.41) is 3.70. The van der Waals surface area contributed by atoms with Gasteiger partial charge in [0.15, 0.2) is 0 Å². The normalized spacial score (nSPS) is 25.3. The van der Waals surface area contributed by atoms with E-state index in [2.05, 4.69) is 5.32 Å². The number of carbonyl (C=O) groups excluding carboxylic acids is 2. The third-order valence-corrected chi connectivity index (χ3v) is 6.82. The lowest BCUT2D eigenvalue weighted by molar-refractivity contribution is 0.00749. The third-order valence-electron chi connectivity index (χ3n) is 6.82. The molecule has 2 atom stereocenters. The maximum atomic E-state index is 13.0. The number of hydrogen-bond acceptors (Lipinski definition) is 5. The Balaban J connectivity index is 1.41. The summed E-state index contributed by atoms with van der Waals surface area (Å²) < 4.78 is 11.2. The fourth-order valence-corrected chi connectivity index (χ4v) is 5.32. The van der Waals surface area contributed by atoms with Gasteiger partial charge in [-0.15, -0.1) is 0 Å². The average molecular weight is 430 g/mol. The fourth-order valence-electron chi connectivity index (χ4n) is 5.32. The molecule has 7 nitrogen and oxygen atoms in total. The highest BCUT2D eigenvalue weighted by Crippen LogP contribution is 2.46. The number of amides is 2. The van der Waals surface area contributed by atoms with Crippen LogP contribution in [0.15, 0.2) is 30.3 Å². The van der Waals surface area contributed by atoms with Gasteiger partial charge in [-0.05, 0) is 58.6 Å². The zero-order chi connectivity index (χ0) is 22.1. The highest BCUT2D eigenvalue weighted by atomic mass is 16.6. The molecule has 170 valence electrons. The van der Waals surface area contributed by atoms with Gasteiger partial charge in [-0.3, -0.25) is 0 Å². The first kappa shape index (κ1) is 21.9. The summed E-state index contributed by atoms with van der Waals surface area (Å²) in [6.45, 7) is 8.95. The monoisotopic (exact) mass is 429 g/mol. The Morgan fingerprint density at radius 1 is 1.13 bits per heavy atom. The molecule has 3 fully saturated rings. The van der Waals surface area contributed by atoms with Gasteiger partial charge in [-0.25, -0.2) is 9.59 Å². The lowest BCUT2D eigenvalue weighted by Crippen LogP contribution is -2.56. The van der Waals surface area contributed by atoms with E-state index in [9.17, 15) is 9.59 Å². The molecule has 3 aliphatic heterocycles. The Labute approximate surface area is 185 Å². The van der Waals surface area contributed by atoms with Crippen molar-refractivity contribution in [2.45, 2.75) is 70.7 Å². The van der Waals surface area contributed by atoms with Crippen LogP contribution in [-0.4, -0.2) is 65.9 Å². The molecule has 0 bridgehead atoms. The summed E-state index contributed by atoms with van der Waals surface area (Å²) in [6, 6.07) is 10.2. The van der Waals surface area contributed by atoms with Crippen LogP contribution < -0.4 is 5.32 Å². The van der Waals surface area contributed by atoms with Gasteiger partial charge in [-0.2, -0.15) is 0 Å². The van der Waals surface area contributed by atoms with Crippen LogP contribution in [0.4, 0.5) is 9.59 Å². The number of fused-ring (bicyclic) bond motifs is 2. The van der Waals surface area contributed by atoms with Crippen LogP contribution in [0.5, 0.6) is 0 Å². The molecule has 3 aliphatic rings. The average Bonchev–Trinajstić information content (AvgIpc) is 3.06. The molecule has 3 heterocycles. The molecular formula is C24H35N3O4. The van der Waals surface area contributed by atoms with Crippen LogP contribution >= 0.6 is 0 Å². The topological polar surface area (TPSA) is 71.1 Å². The van der Waals surface area contributed by atoms with E-state index in [1.165, 1.54) is 0 Å². The number of hydrogen-bond donors (Lipinski definition) is 1. The maximum absolute atomic E-state index is 13.0. The second-order valence-corrected chi connectivity index (χ2v) is 10.1. The molecule has 0 radical (unpaired) electrons. The number of nitrogens with zero attached hydrogens (tertiary/aromatic N) is 2. The number of rotatable bonds is 2. The fraction of sp³-hybridized carbons (Fsp3) is 0.667. The molecule has 0 aromatic heterocycles. The minimum absolute atomic E-state index is 0.0185. The van der Waals surface area contributed by atoms with Crippen LogP contribution in [-0.2, 0) is 16.1 Å². The molecular weight excluding hydrogens is 394 g/mol. The molecule has 1 spiro atoms. The van der Waals surface area contributed by atoms with E-state index >= 15 is 0 Å². The number of likely N-dealkylation sites (tertiary alicyclic amines) is 2. The standard InChI is InChI=1S/C24H35N3O4/c1-23(2,3)31-21(28)26-14-11-24(12-15-26)17-27(19-10-7-13-25-20(19)24)22(29)30-16-18-8-5-4-6-9-18/h4-6,8-9,19-20,25H,7,10-17H2,1-3H3. The van der Waals surface area contributed by atoms with Crippen molar-refractivity contribution < 1.29 is 19.1 Å². The lowest BCUT2D eigenvalue weighted by Gasteiger charge is -2.44. The summed E-state index contributed by atoms with van der Waals surface area (Å²) in [4.78, 5) is 29.3. The van der Waals surface area contributed by atoms with Gasteiger partial charge in [0.2, 0.25) is 0 Å². The molecule has 4 rings (SSSR count). The Hall–Kier alpha value is -2.28. The van der Waals surface area contributed by atoms with Crippen LogP contribution in [0.3, 0.4) is 0 Å². The highest BCUT2D eigenvalue weighted by Gasteiger charge is 2.56. The van der Waals surface area contributed by atoms with Crippen molar-refractivity contribution in [3.8, 4) is 0 Å². The minimum atomic E-state index is -0.491. The number of carbonyl (C=O) groups is 2. The Morgan fingerprint density at radius 2 is 1.84 bits per heavy atom. The molecule has 2 unspecified atom stereocenters. The van der Waals surface area contributed by atoms with E-state index in [1.807, 2.05) is 60.9 Å². The first-order valence-corrected chi connectivity index (χ1v) is 11.5. The summed E-state index contributed by atoms with van der Waals surface area (Å²) >= 11 is 0. The second kappa shape index (κ2) is 8.69. The van der Waals surface area contributed by atoms with Gasteiger partial charge in [0.05, 0.1) is 6.04 Å². The SMILES string of the molecule is CC(C)(C)OC(=O)N1CCC2(CC1)CN(C(=O)OCc1ccccc1)C1CCCNC12. The van der Waals surface area contributed by atoms with E-state index in [0.717, 1.165) is 37.8 Å². The Kier molecular flexibility index (Phi) is 6.15. The molecule has 1 aromatic carbocycles. The van der Waals surface area contributed by atoms with Crippen molar-refractivity contribution in [2.24, 2.45) is 5.41 Å². The van der Waals surface area contributed by atoms with E-state index in [-0.39, 0.29) is 29.7 Å². The quantitative estimate of drug-likeness (QED) is 0.775. The molecule has 2 amide bonds. The van der Waals surface area contributed by atoms with Gasteiger partial charge < -0.3 is 24.6 Å². The molecule has 0 saturated carbocycles. The van der Waals surface area contributed by atoms with Gasteiger partial charge >= 0.3 is 12.2 Å². The van der Waals surface area contributed by atoms with Crippen molar-refractivity contribution in [2.75, 3.05) is 26.2 Å². The zero-order valence-electron chi connectivity index (χ0n) is 18.9. The first-order chi connectivity index (χ1) is 14.8. The summed E-state index contributed by atoms with van der Waals surface area (Å²) in [5.41, 5.74) is 0.485. The maximum Gasteiger partial charge on any atom is 0.410 e. The number of ether oxygens (including phenoxy) is 2. The molecule has 1 aromatic rings. The van der Waals surface area contributed by atoms with Gasteiger partial charge in [0, 0.05) is 31.1 Å². The van der Waals surface area contributed by atoms with Crippen molar-refractivity contribution in [3.05, 3.63) is 35.9 Å². The van der Waals surface area contributed by atoms with Crippen LogP contribution in [0.1, 0.15) is 52.0 Å². The first-order valence-electron chi connectivity index (χ1n) is 11.5. The summed E-state index contributed by atoms with van der Waals surface area (Å²) in [5.74, 6) is 0. The van der Waals surface area contributed by atoms with Gasteiger partial charge in [-0.1, -0.05) is 30.3 Å². The summed E-state index contributed by atoms with van der Waals surface area (Å²) in [6.07, 6.45) is 3.31. The third kappa shape index (κ3) is 4.81. The highest BCUT2D eigenvalue weighted by molar-refractivity contribution is 5.70. The largest absolute Gasteiger partial charge is 0.445 e. The van der Waals surface area contributed by atoms with Crippen molar-refractivity contribution >= 4 is 12.2 Å². The molecule has 0 aliphatic carbocycles. The van der Waals surface area contributed by atoms with Crippen molar-refractivity contribution in [1.29, 1.82) is 0 Å². The van der Waals surface area contributed by atoms with Crippen molar-refractivity contribution in [1.82, 2.24) is 15.1 Å². The van der Waals surface area contributed by atoms with Crippen LogP contribution in [0.25, 0.3) is 0 Å². The van der Waals surface area contributed by atoms with Gasteiger partial charge in [0.1, 0.15) is 12.2 Å². The van der Waals surface area contributed by atoms with E-state index < -0.39 is 5.60 Å². The molecule has 31 heavy (non-hydrogen) atoms. The molecule has 7 heteroatoms. The van der Waals surface area contributed by atoms with Crippen LogP contribution in [0, 0.1) is 5.41 Å². The second-order valence-electron chi connectivity index (χ2n) is 10.1. The number of nitrogens with one attached hydrogen (secondary N) is 1. The minimum Gasteiger partial charge on any atom is -0.445 e. The summed E-state index contributed by atoms with van der Waals surface area (Å²) in [7, 11) is 0. The smallest absolute Gasteiger partial charge is 0.410 e. The number of piperidine rings is 2. The van der Waals surface area contributed by atoms with E-state index in [1.54, 1.807) is 0 Å². The molecule has 1 N–H and O–H groups in total. The van der Waals surface area contributed by atoms with Crippen LogP contribution in [0.2, 0.25) is 0 Å². The predicted octanol–water partition coefficient (Wildman–Crippen LogP) is 3.78. The zero-order valence-corrected chi connectivity index (χ0v) is 18.9. The predicted molar refractivity (Wildman–Crippen MR) is 118 cm³/mol. The van der Waals surface area contributed by atoms with Crippen molar-refractivity contribution in [3.63, 3.8) is 0 Å². The van der Waals surface area contributed by atoms with E-state index in [4.69, 9.17) is 9.47 Å². The van der Waals surface area contributed by atoms with E-state index in [0.29, 0.717) is 26.2 Å². The van der Waals surface area contributed by atoms with Gasteiger partial charge in [0.25, 0.3) is 0 Å². The number of benzene rings is 1. The Morgan fingerprint density at radius 3 is 2.52 bits per heavy atom. The Bertz CT molecular complexity index is 784. The molecule has 3 saturated heterocycles. The lowest BCUT2D eigenvalue weighted by atomic mass is 9.71.